The second-order valence-corrected chi connectivity index (χ2v) is 7.40. The Labute approximate surface area is 161 Å². The summed E-state index contributed by atoms with van der Waals surface area (Å²) in [5, 5.41) is 2.89. The monoisotopic (exact) mass is 377 g/mol. The second kappa shape index (κ2) is 9.22. The Hall–Kier alpha value is -2.08. The molecule has 1 aliphatic rings. The maximum Gasteiger partial charge on any atom is 0.341 e. The molecule has 0 saturated heterocycles. The zero-order valence-corrected chi connectivity index (χ0v) is 17.0. The van der Waals surface area contributed by atoms with Crippen molar-refractivity contribution in [3.63, 3.8) is 0 Å². The van der Waals surface area contributed by atoms with Gasteiger partial charge in [-0.15, -0.1) is 0 Å². The molecule has 0 aliphatic heterocycles. The van der Waals surface area contributed by atoms with Gasteiger partial charge < -0.3 is 19.5 Å². The Morgan fingerprint density at radius 3 is 2.48 bits per heavy atom. The van der Waals surface area contributed by atoms with E-state index >= 15 is 0 Å². The second-order valence-electron chi connectivity index (χ2n) is 7.40. The Morgan fingerprint density at radius 2 is 1.93 bits per heavy atom. The maximum absolute atomic E-state index is 12.8. The summed E-state index contributed by atoms with van der Waals surface area (Å²) in [6.07, 6.45) is 1.97. The highest BCUT2D eigenvalue weighted by Crippen LogP contribution is 2.42. The minimum absolute atomic E-state index is 0.197. The fourth-order valence-electron chi connectivity index (χ4n) is 2.92. The van der Waals surface area contributed by atoms with Crippen LogP contribution in [0.5, 0.6) is 5.75 Å². The summed E-state index contributed by atoms with van der Waals surface area (Å²) < 4.78 is 16.6. The number of carbonyl (C=O) groups is 2. The zero-order valence-electron chi connectivity index (χ0n) is 17.0. The Kier molecular flexibility index (Phi) is 7.25. The molecule has 1 fully saturated rings. The Bertz CT molecular complexity index is 669. The molecule has 0 bridgehead atoms. The highest BCUT2D eigenvalue weighted by Gasteiger charge is 2.48. The van der Waals surface area contributed by atoms with E-state index in [2.05, 4.69) is 5.32 Å². The Balaban J connectivity index is 2.22. The van der Waals surface area contributed by atoms with E-state index in [1.807, 2.05) is 27.7 Å². The molecule has 1 amide bonds. The average Bonchev–Trinajstić information content (AvgIpc) is 3.46. The lowest BCUT2D eigenvalue weighted by Crippen LogP contribution is -2.44. The smallest absolute Gasteiger partial charge is 0.341 e. The lowest BCUT2D eigenvalue weighted by Gasteiger charge is -2.28. The first-order chi connectivity index (χ1) is 12.8. The molecule has 2 rings (SSSR count). The van der Waals surface area contributed by atoms with Gasteiger partial charge >= 0.3 is 5.97 Å². The van der Waals surface area contributed by atoms with E-state index in [4.69, 9.17) is 14.2 Å². The normalized spacial score (nSPS) is 15.9. The van der Waals surface area contributed by atoms with Crippen molar-refractivity contribution in [1.29, 1.82) is 0 Å². The van der Waals surface area contributed by atoms with Crippen molar-refractivity contribution in [2.45, 2.75) is 53.1 Å². The number of amides is 1. The van der Waals surface area contributed by atoms with Crippen LogP contribution in [0, 0.1) is 11.8 Å². The van der Waals surface area contributed by atoms with Gasteiger partial charge in [0.25, 0.3) is 5.91 Å². The van der Waals surface area contributed by atoms with Crippen molar-refractivity contribution >= 4 is 17.6 Å². The fourth-order valence-corrected chi connectivity index (χ4v) is 2.92. The van der Waals surface area contributed by atoms with E-state index in [-0.39, 0.29) is 18.4 Å². The van der Waals surface area contributed by atoms with Gasteiger partial charge in [0.05, 0.1) is 13.2 Å². The first kappa shape index (κ1) is 21.2. The molecule has 1 aliphatic carbocycles. The fraction of sp³-hybridized carbons (Fsp3) is 0.619. The molecule has 0 spiro atoms. The van der Waals surface area contributed by atoms with E-state index < -0.39 is 11.6 Å². The van der Waals surface area contributed by atoms with Crippen LogP contribution < -0.4 is 10.1 Å². The number of ether oxygens (including phenoxy) is 3. The minimum atomic E-state index is -0.856. The highest BCUT2D eigenvalue weighted by atomic mass is 16.5. The van der Waals surface area contributed by atoms with E-state index in [0.717, 1.165) is 12.8 Å². The molecule has 0 aromatic heterocycles. The molecule has 1 N–H and O–H groups in total. The third kappa shape index (κ3) is 5.45. The zero-order chi connectivity index (χ0) is 20.0. The van der Waals surface area contributed by atoms with Crippen LogP contribution in [0.1, 0.15) is 57.8 Å². The van der Waals surface area contributed by atoms with Crippen molar-refractivity contribution in [1.82, 2.24) is 0 Å². The van der Waals surface area contributed by atoms with Crippen LogP contribution in [0.3, 0.4) is 0 Å². The summed E-state index contributed by atoms with van der Waals surface area (Å²) in [6.45, 7) is 10.8. The van der Waals surface area contributed by atoms with Gasteiger partial charge in [-0.1, -0.05) is 13.8 Å². The number of anilines is 1. The van der Waals surface area contributed by atoms with Gasteiger partial charge in [0.1, 0.15) is 16.9 Å². The maximum atomic E-state index is 12.8. The predicted octanol–water partition coefficient (Wildman–Crippen LogP) is 4.04. The number of carbonyl (C=O) groups excluding carboxylic acids is 2. The standard InChI is InChI=1S/C21H31NO5/c1-6-25-19(23)17-12-16(10-11-18(17)26-13-14(3)4)22-20(24)21(5,27-7-2)15-8-9-15/h10-12,14-15H,6-9,13H2,1-5H3,(H,22,24)/t21-/m1/s1. The molecule has 1 aromatic rings. The van der Waals surface area contributed by atoms with Crippen LogP contribution in [0.4, 0.5) is 5.69 Å². The van der Waals surface area contributed by atoms with Gasteiger partial charge in [-0.2, -0.15) is 0 Å². The Morgan fingerprint density at radius 1 is 1.22 bits per heavy atom. The molecule has 0 heterocycles. The van der Waals surface area contributed by atoms with Crippen molar-refractivity contribution < 1.29 is 23.8 Å². The topological polar surface area (TPSA) is 73.9 Å². The summed E-state index contributed by atoms with van der Waals surface area (Å²) in [7, 11) is 0. The highest BCUT2D eigenvalue weighted by molar-refractivity contribution is 6.00. The summed E-state index contributed by atoms with van der Waals surface area (Å²) in [5.74, 6) is 0.343. The van der Waals surface area contributed by atoms with Crippen molar-refractivity contribution in [2.24, 2.45) is 11.8 Å². The van der Waals surface area contributed by atoms with Gasteiger partial charge in [0, 0.05) is 12.3 Å². The molecule has 1 aromatic carbocycles. The molecular formula is C21H31NO5. The number of esters is 1. The van der Waals surface area contributed by atoms with Crippen molar-refractivity contribution in [2.75, 3.05) is 25.1 Å². The number of hydrogen-bond acceptors (Lipinski definition) is 5. The van der Waals surface area contributed by atoms with Gasteiger partial charge in [0.2, 0.25) is 0 Å². The van der Waals surface area contributed by atoms with Crippen molar-refractivity contribution in [3.8, 4) is 5.75 Å². The van der Waals surface area contributed by atoms with Crippen LogP contribution in [0.2, 0.25) is 0 Å². The molecule has 150 valence electrons. The largest absolute Gasteiger partial charge is 0.492 e. The first-order valence-corrected chi connectivity index (χ1v) is 9.71. The van der Waals surface area contributed by atoms with Crippen LogP contribution in [-0.2, 0) is 14.3 Å². The summed E-state index contributed by atoms with van der Waals surface area (Å²) >= 11 is 0. The minimum Gasteiger partial charge on any atom is -0.492 e. The third-order valence-corrected chi connectivity index (χ3v) is 4.56. The number of benzene rings is 1. The lowest BCUT2D eigenvalue weighted by molar-refractivity contribution is -0.141. The summed E-state index contributed by atoms with van der Waals surface area (Å²) in [6, 6.07) is 5.03. The van der Waals surface area contributed by atoms with Crippen LogP contribution in [-0.4, -0.2) is 37.3 Å². The molecule has 1 atom stereocenters. The van der Waals surface area contributed by atoms with Crippen LogP contribution in [0.25, 0.3) is 0 Å². The molecular weight excluding hydrogens is 346 g/mol. The predicted molar refractivity (Wildman–Crippen MR) is 104 cm³/mol. The van der Waals surface area contributed by atoms with Gasteiger partial charge in [-0.3, -0.25) is 4.79 Å². The summed E-state index contributed by atoms with van der Waals surface area (Å²) in [5.41, 5.74) is -0.0302. The van der Waals surface area contributed by atoms with Crippen molar-refractivity contribution in [3.05, 3.63) is 23.8 Å². The van der Waals surface area contributed by atoms with E-state index in [1.54, 1.807) is 25.1 Å². The van der Waals surface area contributed by atoms with Gasteiger partial charge in [-0.05, 0) is 63.6 Å². The first-order valence-electron chi connectivity index (χ1n) is 9.71. The lowest BCUT2D eigenvalue weighted by atomic mass is 9.98. The molecule has 27 heavy (non-hydrogen) atoms. The van der Waals surface area contributed by atoms with Crippen LogP contribution >= 0.6 is 0 Å². The molecule has 6 heteroatoms. The average molecular weight is 377 g/mol. The van der Waals surface area contributed by atoms with Crippen LogP contribution in [0.15, 0.2) is 18.2 Å². The number of hydrogen-bond donors (Lipinski definition) is 1. The molecule has 0 radical (unpaired) electrons. The number of rotatable bonds is 10. The molecule has 0 unspecified atom stereocenters. The van der Waals surface area contributed by atoms with E-state index in [1.165, 1.54) is 0 Å². The van der Waals surface area contributed by atoms with Gasteiger partial charge in [0.15, 0.2) is 0 Å². The van der Waals surface area contributed by atoms with Gasteiger partial charge in [-0.25, -0.2) is 4.79 Å². The van der Waals surface area contributed by atoms with E-state index in [9.17, 15) is 9.59 Å². The molecule has 1 saturated carbocycles. The van der Waals surface area contributed by atoms with E-state index in [0.29, 0.717) is 36.1 Å². The molecule has 6 nitrogen and oxygen atoms in total. The third-order valence-electron chi connectivity index (χ3n) is 4.56. The summed E-state index contributed by atoms with van der Waals surface area (Å²) in [4.78, 5) is 25.2. The quantitative estimate of drug-likeness (QED) is 0.623. The SMILES string of the molecule is CCOC(=O)c1cc(NC(=O)[C@](C)(OCC)C2CC2)ccc1OCC(C)C. The number of nitrogens with one attached hydrogen (secondary N) is 1.